The summed E-state index contributed by atoms with van der Waals surface area (Å²) < 4.78 is 38.5. The van der Waals surface area contributed by atoms with Gasteiger partial charge in [0.05, 0.1) is 35.2 Å². The lowest BCUT2D eigenvalue weighted by molar-refractivity contribution is -0.0704. The molecule has 54 heavy (non-hydrogen) atoms. The maximum absolute atomic E-state index is 14.6. The molecule has 0 radical (unpaired) electrons. The molecule has 1 aliphatic carbocycles. The van der Waals surface area contributed by atoms with Crippen LogP contribution in [0.15, 0.2) is 88.8 Å². The van der Waals surface area contributed by atoms with Crippen molar-refractivity contribution in [2.24, 2.45) is 5.92 Å². The predicted molar refractivity (Wildman–Crippen MR) is 202 cm³/mol. The summed E-state index contributed by atoms with van der Waals surface area (Å²) in [7, 11) is 0. The van der Waals surface area contributed by atoms with Crippen LogP contribution in [-0.4, -0.2) is 65.4 Å². The molecule has 2 N–H and O–H groups in total. The third-order valence-electron chi connectivity index (χ3n) is 10.7. The maximum Gasteiger partial charge on any atom is 0.337 e. The number of hydrogen-bond acceptors (Lipinski definition) is 8. The summed E-state index contributed by atoms with van der Waals surface area (Å²) in [6.07, 6.45) is 7.20. The number of aromatic nitrogens is 5. The fourth-order valence-corrected chi connectivity index (χ4v) is 8.31. The Balaban J connectivity index is 1.06. The molecular formula is C41H43F2N7O4. The van der Waals surface area contributed by atoms with Crippen molar-refractivity contribution in [2.75, 3.05) is 19.6 Å². The molecule has 1 aliphatic heterocycles. The maximum atomic E-state index is 14.6. The van der Waals surface area contributed by atoms with Crippen molar-refractivity contribution in [1.29, 1.82) is 0 Å². The standard InChI is InChI=1S/C41H43F2N7O4/c1-25-20-47(21-26(2)54-25)22-29-15-35(51)11-12-36(29)28-4-3-5-34(14-28)49-39-37(16-31(43)18-45-39)40(52)50(41(49)53)33-9-6-27(7-10-33)17-44-19-32-24-48-23-30(42)8-13-38(48)46-32/h3-5,8,11-16,18,23-27,33,44,51H,6-7,9-10,17,19-22H2,1-2H3/t25-,26+,27?,33?. The van der Waals surface area contributed by atoms with E-state index in [1.165, 1.54) is 21.4 Å². The molecule has 4 aromatic heterocycles. The van der Waals surface area contributed by atoms with Crippen LogP contribution in [0.1, 0.15) is 56.8 Å². The van der Waals surface area contributed by atoms with Gasteiger partial charge in [-0.2, -0.15) is 0 Å². The molecule has 0 amide bonds. The third kappa shape index (κ3) is 7.31. The number of ether oxygens (including phenoxy) is 1. The van der Waals surface area contributed by atoms with Crippen LogP contribution in [0.4, 0.5) is 8.78 Å². The van der Waals surface area contributed by atoms with E-state index in [0.717, 1.165) is 67.1 Å². The molecule has 2 atom stereocenters. The Hall–Kier alpha value is -5.24. The van der Waals surface area contributed by atoms with Crippen molar-refractivity contribution >= 4 is 16.7 Å². The third-order valence-corrected chi connectivity index (χ3v) is 10.7. The lowest BCUT2D eigenvalue weighted by atomic mass is 9.86. The van der Waals surface area contributed by atoms with Crippen molar-refractivity contribution in [3.63, 3.8) is 0 Å². The number of rotatable bonds is 9. The van der Waals surface area contributed by atoms with E-state index < -0.39 is 17.1 Å². The number of hydrogen-bond donors (Lipinski definition) is 2. The molecule has 8 rings (SSSR count). The first-order valence-electron chi connectivity index (χ1n) is 18.6. The number of nitrogens with zero attached hydrogens (tertiary/aromatic N) is 6. The summed E-state index contributed by atoms with van der Waals surface area (Å²) >= 11 is 0. The average Bonchev–Trinajstić information content (AvgIpc) is 3.54. The van der Waals surface area contributed by atoms with Gasteiger partial charge in [-0.15, -0.1) is 0 Å². The van der Waals surface area contributed by atoms with E-state index in [1.807, 2.05) is 30.5 Å². The summed E-state index contributed by atoms with van der Waals surface area (Å²) in [5.41, 5.74) is 3.66. The van der Waals surface area contributed by atoms with Crippen LogP contribution in [0.25, 0.3) is 33.5 Å². The number of morpholine rings is 1. The highest BCUT2D eigenvalue weighted by Crippen LogP contribution is 2.33. The molecule has 13 heteroatoms. The van der Waals surface area contributed by atoms with Gasteiger partial charge in [-0.25, -0.2) is 28.1 Å². The quantitative estimate of drug-likeness (QED) is 0.186. The number of fused-ring (bicyclic) bond motifs is 2. The first kappa shape index (κ1) is 35.8. The van der Waals surface area contributed by atoms with Crippen LogP contribution < -0.4 is 16.6 Å². The first-order valence-corrected chi connectivity index (χ1v) is 18.6. The largest absolute Gasteiger partial charge is 0.508 e. The van der Waals surface area contributed by atoms with Gasteiger partial charge in [0.25, 0.3) is 5.56 Å². The van der Waals surface area contributed by atoms with Crippen LogP contribution in [0.5, 0.6) is 5.75 Å². The van der Waals surface area contributed by atoms with E-state index in [0.29, 0.717) is 43.2 Å². The molecule has 280 valence electrons. The molecule has 2 aliphatic rings. The summed E-state index contributed by atoms with van der Waals surface area (Å²) in [6, 6.07) is 16.6. The molecule has 6 aromatic rings. The molecule has 0 unspecified atom stereocenters. The Morgan fingerprint density at radius 1 is 0.926 bits per heavy atom. The summed E-state index contributed by atoms with van der Waals surface area (Å²) in [6.45, 7) is 7.49. The van der Waals surface area contributed by atoms with Crippen LogP contribution in [0.3, 0.4) is 0 Å². The van der Waals surface area contributed by atoms with Gasteiger partial charge < -0.3 is 19.6 Å². The molecule has 2 aromatic carbocycles. The minimum atomic E-state index is -0.656. The van der Waals surface area contributed by atoms with Crippen molar-refractivity contribution in [3.05, 3.63) is 123 Å². The van der Waals surface area contributed by atoms with Crippen LogP contribution in [0, 0.1) is 17.6 Å². The Morgan fingerprint density at radius 2 is 1.72 bits per heavy atom. The highest BCUT2D eigenvalue weighted by atomic mass is 19.1. The molecule has 1 saturated heterocycles. The summed E-state index contributed by atoms with van der Waals surface area (Å²) in [5, 5.41) is 14.0. The van der Waals surface area contributed by atoms with Gasteiger partial charge in [-0.05, 0) is 111 Å². The van der Waals surface area contributed by atoms with E-state index in [-0.39, 0.29) is 40.8 Å². The molecule has 1 saturated carbocycles. The van der Waals surface area contributed by atoms with Gasteiger partial charge in [0.1, 0.15) is 23.0 Å². The van der Waals surface area contributed by atoms with E-state index in [9.17, 15) is 23.5 Å². The topological polar surface area (TPSA) is 119 Å². The van der Waals surface area contributed by atoms with Crippen molar-refractivity contribution in [2.45, 2.75) is 70.9 Å². The monoisotopic (exact) mass is 735 g/mol. The second kappa shape index (κ2) is 14.9. The normalized spacial score (nSPS) is 20.9. The number of phenols is 1. The van der Waals surface area contributed by atoms with E-state index in [2.05, 4.69) is 34.0 Å². The van der Waals surface area contributed by atoms with Gasteiger partial charge >= 0.3 is 5.69 Å². The molecule has 5 heterocycles. The van der Waals surface area contributed by atoms with Crippen LogP contribution in [-0.2, 0) is 17.8 Å². The fraction of sp³-hybridized carbons (Fsp3) is 0.366. The summed E-state index contributed by atoms with van der Waals surface area (Å²) in [4.78, 5) is 39.5. The van der Waals surface area contributed by atoms with Gasteiger partial charge in [-0.1, -0.05) is 18.2 Å². The Kier molecular flexibility index (Phi) is 9.86. The van der Waals surface area contributed by atoms with Crippen molar-refractivity contribution < 1.29 is 18.6 Å². The second-order valence-corrected chi connectivity index (χ2v) is 14.8. The minimum absolute atomic E-state index is 0.0389. The molecule has 0 bridgehead atoms. The SMILES string of the molecule is C[C@@H]1CN(Cc2cc(O)ccc2-c2cccc(-n3c(=O)n(C4CCC(CNCc5cn6cc(F)ccc6n5)CC4)c(=O)c4cc(F)cnc43)c2)C[C@H](C)O1. The highest BCUT2D eigenvalue weighted by molar-refractivity contribution is 5.77. The van der Waals surface area contributed by atoms with Gasteiger partial charge in [-0.3, -0.25) is 14.3 Å². The zero-order valence-corrected chi connectivity index (χ0v) is 30.3. The number of imidazole rings is 1. The van der Waals surface area contributed by atoms with Gasteiger partial charge in [0, 0.05) is 44.6 Å². The molecular weight excluding hydrogens is 692 g/mol. The Labute approximate surface area is 310 Å². The molecule has 2 fully saturated rings. The Morgan fingerprint density at radius 3 is 2.52 bits per heavy atom. The highest BCUT2D eigenvalue weighted by Gasteiger charge is 2.28. The van der Waals surface area contributed by atoms with Crippen molar-refractivity contribution in [3.8, 4) is 22.6 Å². The number of halogens is 2. The lowest BCUT2D eigenvalue weighted by Gasteiger charge is -2.35. The minimum Gasteiger partial charge on any atom is -0.508 e. The second-order valence-electron chi connectivity index (χ2n) is 14.8. The fourth-order valence-electron chi connectivity index (χ4n) is 8.31. The predicted octanol–water partition coefficient (Wildman–Crippen LogP) is 5.98. The zero-order chi connectivity index (χ0) is 37.5. The molecule has 0 spiro atoms. The van der Waals surface area contributed by atoms with Crippen LogP contribution in [0.2, 0.25) is 0 Å². The van der Waals surface area contributed by atoms with Gasteiger partial charge in [0.2, 0.25) is 0 Å². The van der Waals surface area contributed by atoms with Gasteiger partial charge in [0.15, 0.2) is 5.65 Å². The number of phenolic OH excluding ortho intramolecular Hbond substituents is 1. The lowest BCUT2D eigenvalue weighted by Crippen LogP contribution is -2.44. The van der Waals surface area contributed by atoms with E-state index in [4.69, 9.17) is 4.74 Å². The number of nitrogens with one attached hydrogen (secondary N) is 1. The Bertz CT molecular complexity index is 2440. The first-order chi connectivity index (χ1) is 26.1. The van der Waals surface area contributed by atoms with E-state index in [1.54, 1.807) is 28.7 Å². The van der Waals surface area contributed by atoms with Crippen molar-refractivity contribution in [1.82, 2.24) is 33.7 Å². The number of aromatic hydroxyl groups is 1. The van der Waals surface area contributed by atoms with Crippen LogP contribution >= 0.6 is 0 Å². The summed E-state index contributed by atoms with van der Waals surface area (Å²) in [5.74, 6) is -0.491. The number of benzene rings is 2. The zero-order valence-electron chi connectivity index (χ0n) is 30.3. The average molecular weight is 736 g/mol. The molecule has 11 nitrogen and oxygen atoms in total. The smallest absolute Gasteiger partial charge is 0.337 e. The van der Waals surface area contributed by atoms with E-state index >= 15 is 0 Å². The number of pyridine rings is 2.